The van der Waals surface area contributed by atoms with Gasteiger partial charge < -0.3 is 15.0 Å². The predicted octanol–water partition coefficient (Wildman–Crippen LogP) is 2.50. The van der Waals surface area contributed by atoms with Gasteiger partial charge in [0, 0.05) is 35.9 Å². The molecule has 0 radical (unpaired) electrons. The summed E-state index contributed by atoms with van der Waals surface area (Å²) >= 11 is 3.45. The van der Waals surface area contributed by atoms with E-state index >= 15 is 0 Å². The van der Waals surface area contributed by atoms with Crippen LogP contribution < -0.4 is 10.2 Å². The van der Waals surface area contributed by atoms with Crippen molar-refractivity contribution in [3.8, 4) is 5.69 Å². The molecule has 0 bridgehead atoms. The number of halogens is 1. The molecule has 1 N–H and O–H groups in total. The Hall–Kier alpha value is -2.78. The van der Waals surface area contributed by atoms with E-state index in [1.54, 1.807) is 10.9 Å². The average molecular weight is 457 g/mol. The molecule has 8 nitrogen and oxygen atoms in total. The number of hydrogen-bond donors (Lipinski definition) is 1. The molecule has 1 aromatic carbocycles. The van der Waals surface area contributed by atoms with Gasteiger partial charge in [-0.15, -0.1) is 5.10 Å². The zero-order valence-corrected chi connectivity index (χ0v) is 17.6. The van der Waals surface area contributed by atoms with Crippen LogP contribution in [0.3, 0.4) is 0 Å². The van der Waals surface area contributed by atoms with E-state index in [1.165, 1.54) is 0 Å². The quantitative estimate of drug-likeness (QED) is 0.634. The SMILES string of the molecule is Cc1c(C(=O)NCc2cccnc2N2CCOCC2)nnn1-c1cccc(Br)c1. The van der Waals surface area contributed by atoms with Crippen molar-refractivity contribution in [3.05, 3.63) is 64.0 Å². The zero-order chi connectivity index (χ0) is 20.2. The summed E-state index contributed by atoms with van der Waals surface area (Å²) in [6.45, 7) is 5.14. The van der Waals surface area contributed by atoms with Crippen molar-refractivity contribution in [1.82, 2.24) is 25.3 Å². The maximum absolute atomic E-state index is 12.7. The van der Waals surface area contributed by atoms with Gasteiger partial charge in [-0.05, 0) is 31.2 Å². The van der Waals surface area contributed by atoms with Crippen molar-refractivity contribution in [2.45, 2.75) is 13.5 Å². The van der Waals surface area contributed by atoms with Gasteiger partial charge in [-0.1, -0.05) is 33.3 Å². The highest BCUT2D eigenvalue weighted by atomic mass is 79.9. The Bertz CT molecular complexity index is 1020. The molecule has 150 valence electrons. The van der Waals surface area contributed by atoms with E-state index in [-0.39, 0.29) is 5.91 Å². The highest BCUT2D eigenvalue weighted by Gasteiger charge is 2.19. The lowest BCUT2D eigenvalue weighted by Gasteiger charge is -2.29. The van der Waals surface area contributed by atoms with Crippen LogP contribution in [-0.2, 0) is 11.3 Å². The number of ether oxygens (including phenoxy) is 1. The number of carbonyl (C=O) groups is 1. The molecule has 9 heteroatoms. The molecule has 2 aromatic heterocycles. The normalized spacial score (nSPS) is 14.1. The second-order valence-corrected chi connectivity index (χ2v) is 7.60. The molecular formula is C20H21BrN6O2. The molecule has 1 fully saturated rings. The lowest BCUT2D eigenvalue weighted by atomic mass is 10.2. The van der Waals surface area contributed by atoms with Gasteiger partial charge in [-0.2, -0.15) is 0 Å². The number of nitrogens with one attached hydrogen (secondary N) is 1. The largest absolute Gasteiger partial charge is 0.378 e. The molecule has 0 unspecified atom stereocenters. The Morgan fingerprint density at radius 3 is 2.86 bits per heavy atom. The topological polar surface area (TPSA) is 85.2 Å². The third kappa shape index (κ3) is 4.30. The number of aromatic nitrogens is 4. The number of benzene rings is 1. The fourth-order valence-corrected chi connectivity index (χ4v) is 3.67. The Labute approximate surface area is 177 Å². The molecule has 3 aromatic rings. The fraction of sp³-hybridized carbons (Fsp3) is 0.300. The van der Waals surface area contributed by atoms with Crippen molar-refractivity contribution >= 4 is 27.7 Å². The average Bonchev–Trinajstić information content (AvgIpc) is 3.14. The first-order valence-electron chi connectivity index (χ1n) is 9.36. The minimum absolute atomic E-state index is 0.263. The van der Waals surface area contributed by atoms with E-state index in [2.05, 4.69) is 41.4 Å². The predicted molar refractivity (Wildman–Crippen MR) is 112 cm³/mol. The molecule has 1 amide bonds. The van der Waals surface area contributed by atoms with Crippen LogP contribution >= 0.6 is 15.9 Å². The van der Waals surface area contributed by atoms with E-state index in [4.69, 9.17) is 4.74 Å². The first kappa shape index (κ1) is 19.5. The number of carbonyl (C=O) groups excluding carboxylic acids is 1. The standard InChI is InChI=1S/C20H21BrN6O2/c1-14-18(24-25-27(14)17-6-2-5-16(21)12-17)20(28)23-13-15-4-3-7-22-19(15)26-8-10-29-11-9-26/h2-7,12H,8-11,13H2,1H3,(H,23,28). The van der Waals surface area contributed by atoms with Crippen LogP contribution in [0.1, 0.15) is 21.7 Å². The first-order valence-corrected chi connectivity index (χ1v) is 10.2. The molecule has 4 rings (SSSR count). The van der Waals surface area contributed by atoms with Crippen LogP contribution in [0, 0.1) is 6.92 Å². The van der Waals surface area contributed by atoms with Gasteiger partial charge in [0.1, 0.15) is 5.82 Å². The maximum atomic E-state index is 12.7. The van der Waals surface area contributed by atoms with E-state index in [0.29, 0.717) is 31.1 Å². The molecule has 0 saturated carbocycles. The number of nitrogens with zero attached hydrogens (tertiary/aromatic N) is 5. The third-order valence-corrected chi connectivity index (χ3v) is 5.27. The Balaban J connectivity index is 1.49. The zero-order valence-electron chi connectivity index (χ0n) is 16.0. The van der Waals surface area contributed by atoms with Gasteiger partial charge in [0.25, 0.3) is 5.91 Å². The molecular weight excluding hydrogens is 436 g/mol. The highest BCUT2D eigenvalue weighted by Crippen LogP contribution is 2.19. The molecule has 0 atom stereocenters. The molecule has 29 heavy (non-hydrogen) atoms. The summed E-state index contributed by atoms with van der Waals surface area (Å²) in [5.41, 5.74) is 2.78. The molecule has 3 heterocycles. The monoisotopic (exact) mass is 456 g/mol. The Morgan fingerprint density at radius 2 is 2.07 bits per heavy atom. The van der Waals surface area contributed by atoms with Gasteiger partial charge in [-0.3, -0.25) is 4.79 Å². The number of morpholine rings is 1. The third-order valence-electron chi connectivity index (χ3n) is 4.78. The van der Waals surface area contributed by atoms with Crippen molar-refractivity contribution in [2.24, 2.45) is 0 Å². The van der Waals surface area contributed by atoms with Gasteiger partial charge in [0.05, 0.1) is 24.6 Å². The van der Waals surface area contributed by atoms with E-state index in [1.807, 2.05) is 43.3 Å². The Kier molecular flexibility index (Phi) is 5.86. The van der Waals surface area contributed by atoms with Gasteiger partial charge in [0.15, 0.2) is 5.69 Å². The van der Waals surface area contributed by atoms with Crippen LogP contribution in [-0.4, -0.2) is 52.2 Å². The van der Waals surface area contributed by atoms with Gasteiger partial charge >= 0.3 is 0 Å². The molecule has 1 aliphatic rings. The van der Waals surface area contributed by atoms with Crippen LogP contribution in [0.5, 0.6) is 0 Å². The fourth-order valence-electron chi connectivity index (χ4n) is 3.28. The van der Waals surface area contributed by atoms with Crippen LogP contribution in [0.25, 0.3) is 5.69 Å². The molecule has 1 aliphatic heterocycles. The second-order valence-electron chi connectivity index (χ2n) is 6.68. The Morgan fingerprint density at radius 1 is 1.24 bits per heavy atom. The maximum Gasteiger partial charge on any atom is 0.274 e. The molecule has 1 saturated heterocycles. The van der Waals surface area contributed by atoms with E-state index < -0.39 is 0 Å². The lowest BCUT2D eigenvalue weighted by Crippen LogP contribution is -2.38. The minimum Gasteiger partial charge on any atom is -0.378 e. The van der Waals surface area contributed by atoms with E-state index in [0.717, 1.165) is 34.6 Å². The number of rotatable bonds is 5. The van der Waals surface area contributed by atoms with Crippen molar-refractivity contribution in [1.29, 1.82) is 0 Å². The minimum atomic E-state index is -0.263. The lowest BCUT2D eigenvalue weighted by molar-refractivity contribution is 0.0945. The van der Waals surface area contributed by atoms with Crippen LogP contribution in [0.4, 0.5) is 5.82 Å². The van der Waals surface area contributed by atoms with Crippen molar-refractivity contribution in [2.75, 3.05) is 31.2 Å². The van der Waals surface area contributed by atoms with Crippen molar-refractivity contribution in [3.63, 3.8) is 0 Å². The van der Waals surface area contributed by atoms with Gasteiger partial charge in [-0.25, -0.2) is 9.67 Å². The summed E-state index contributed by atoms with van der Waals surface area (Å²) in [4.78, 5) is 19.4. The van der Waals surface area contributed by atoms with Crippen LogP contribution in [0.2, 0.25) is 0 Å². The summed E-state index contributed by atoms with van der Waals surface area (Å²) in [5, 5.41) is 11.2. The number of anilines is 1. The number of hydrogen-bond acceptors (Lipinski definition) is 6. The summed E-state index contributed by atoms with van der Waals surface area (Å²) in [6.07, 6.45) is 1.77. The highest BCUT2D eigenvalue weighted by molar-refractivity contribution is 9.10. The second kappa shape index (κ2) is 8.71. The van der Waals surface area contributed by atoms with Crippen molar-refractivity contribution < 1.29 is 9.53 Å². The van der Waals surface area contributed by atoms with Gasteiger partial charge in [0.2, 0.25) is 0 Å². The van der Waals surface area contributed by atoms with Crippen LogP contribution in [0.15, 0.2) is 47.1 Å². The number of amides is 1. The molecule has 0 aliphatic carbocycles. The number of pyridine rings is 1. The molecule has 0 spiro atoms. The summed E-state index contributed by atoms with van der Waals surface area (Å²) in [5.74, 6) is 0.617. The summed E-state index contributed by atoms with van der Waals surface area (Å²) in [6, 6.07) is 11.5. The summed E-state index contributed by atoms with van der Waals surface area (Å²) in [7, 11) is 0. The smallest absolute Gasteiger partial charge is 0.274 e. The summed E-state index contributed by atoms with van der Waals surface area (Å²) < 4.78 is 8.01. The van der Waals surface area contributed by atoms with E-state index in [9.17, 15) is 4.79 Å². The first-order chi connectivity index (χ1) is 14.1.